The maximum atomic E-state index is 12.5. The number of aromatic nitrogens is 3. The number of nitrogens with zero attached hydrogens (tertiary/aromatic N) is 3. The number of alkyl halides is 3. The van der Waals surface area contributed by atoms with E-state index < -0.39 is 11.7 Å². The molecule has 3 rings (SSSR count). The third-order valence-corrected chi connectivity index (χ3v) is 3.23. The van der Waals surface area contributed by atoms with Gasteiger partial charge in [0.2, 0.25) is 0 Å². The molecule has 6 heteroatoms. The molecule has 0 unspecified atom stereocenters. The second-order valence-corrected chi connectivity index (χ2v) is 4.86. The summed E-state index contributed by atoms with van der Waals surface area (Å²) in [6, 6.07) is 14.6. The maximum Gasteiger partial charge on any atom is 0.416 e. The smallest absolute Gasteiger partial charge is 0.247 e. The maximum absolute atomic E-state index is 12.5. The molecule has 1 aromatic heterocycles. The van der Waals surface area contributed by atoms with E-state index in [1.807, 2.05) is 30.3 Å². The average molecular weight is 303 g/mol. The van der Waals surface area contributed by atoms with Gasteiger partial charge in [-0.25, -0.2) is 4.68 Å². The van der Waals surface area contributed by atoms with E-state index in [1.165, 1.54) is 12.1 Å². The van der Waals surface area contributed by atoms with Crippen LogP contribution in [0.2, 0.25) is 0 Å². The Hall–Kier alpha value is -2.63. The summed E-state index contributed by atoms with van der Waals surface area (Å²) in [4.78, 5) is 0. The van der Waals surface area contributed by atoms with Crippen LogP contribution >= 0.6 is 0 Å². The van der Waals surface area contributed by atoms with E-state index in [9.17, 15) is 13.2 Å². The molecule has 2 aromatic carbocycles. The van der Waals surface area contributed by atoms with Crippen molar-refractivity contribution in [2.75, 3.05) is 0 Å². The normalized spacial score (nSPS) is 11.6. The Labute approximate surface area is 125 Å². The summed E-state index contributed by atoms with van der Waals surface area (Å²) in [5, 5.41) is 8.01. The van der Waals surface area contributed by atoms with E-state index in [0.29, 0.717) is 17.8 Å². The second-order valence-electron chi connectivity index (χ2n) is 4.86. The van der Waals surface area contributed by atoms with Crippen molar-refractivity contribution >= 4 is 0 Å². The third kappa shape index (κ3) is 3.16. The molecule has 0 saturated heterocycles. The highest BCUT2D eigenvalue weighted by molar-refractivity contribution is 5.58. The van der Waals surface area contributed by atoms with Gasteiger partial charge in [0.15, 0.2) is 0 Å². The fourth-order valence-electron chi connectivity index (χ4n) is 2.11. The van der Waals surface area contributed by atoms with Crippen LogP contribution in [0, 0.1) is 0 Å². The Kier molecular flexibility index (Phi) is 3.66. The van der Waals surface area contributed by atoms with Crippen molar-refractivity contribution in [3.63, 3.8) is 0 Å². The van der Waals surface area contributed by atoms with Crippen molar-refractivity contribution in [1.29, 1.82) is 0 Å². The van der Waals surface area contributed by atoms with Crippen LogP contribution in [0.15, 0.2) is 60.8 Å². The van der Waals surface area contributed by atoms with E-state index in [4.69, 9.17) is 0 Å². The van der Waals surface area contributed by atoms with Crippen LogP contribution in [-0.2, 0) is 12.7 Å². The second kappa shape index (κ2) is 5.63. The van der Waals surface area contributed by atoms with Crippen LogP contribution in [-0.4, -0.2) is 15.0 Å². The zero-order valence-corrected chi connectivity index (χ0v) is 11.5. The van der Waals surface area contributed by atoms with Crippen molar-refractivity contribution in [1.82, 2.24) is 15.0 Å². The molecule has 0 aliphatic heterocycles. The summed E-state index contributed by atoms with van der Waals surface area (Å²) in [6.45, 7) is 0.564. The Morgan fingerprint density at radius 2 is 1.59 bits per heavy atom. The van der Waals surface area contributed by atoms with Gasteiger partial charge < -0.3 is 0 Å². The quantitative estimate of drug-likeness (QED) is 0.732. The summed E-state index contributed by atoms with van der Waals surface area (Å²) in [7, 11) is 0. The molecule has 3 nitrogen and oxygen atoms in total. The summed E-state index contributed by atoms with van der Waals surface area (Å²) in [5.41, 5.74) is 1.55. The van der Waals surface area contributed by atoms with Crippen molar-refractivity contribution in [2.24, 2.45) is 0 Å². The predicted molar refractivity (Wildman–Crippen MR) is 76.0 cm³/mol. The van der Waals surface area contributed by atoms with Crippen LogP contribution in [0.1, 0.15) is 11.1 Å². The number of rotatable bonds is 3. The molecule has 0 radical (unpaired) electrons. The highest BCUT2D eigenvalue weighted by atomic mass is 19.4. The molecule has 0 bridgehead atoms. The van der Waals surface area contributed by atoms with E-state index in [0.717, 1.165) is 17.7 Å². The molecule has 0 fully saturated rings. The van der Waals surface area contributed by atoms with Gasteiger partial charge in [0.1, 0.15) is 5.69 Å². The molecule has 22 heavy (non-hydrogen) atoms. The van der Waals surface area contributed by atoms with Crippen LogP contribution in [0.25, 0.3) is 11.3 Å². The van der Waals surface area contributed by atoms with E-state index in [2.05, 4.69) is 10.3 Å². The molecule has 0 spiro atoms. The van der Waals surface area contributed by atoms with Crippen LogP contribution < -0.4 is 0 Å². The van der Waals surface area contributed by atoms with Gasteiger partial charge in [-0.3, -0.25) is 0 Å². The first-order chi connectivity index (χ1) is 10.5. The molecule has 0 amide bonds. The predicted octanol–water partition coefficient (Wildman–Crippen LogP) is 4.01. The van der Waals surface area contributed by atoms with Gasteiger partial charge in [0, 0.05) is 5.56 Å². The lowest BCUT2D eigenvalue weighted by atomic mass is 10.1. The van der Waals surface area contributed by atoms with Gasteiger partial charge in [-0.15, -0.1) is 5.10 Å². The van der Waals surface area contributed by atoms with Gasteiger partial charge in [0.25, 0.3) is 0 Å². The van der Waals surface area contributed by atoms with Crippen LogP contribution in [0.5, 0.6) is 0 Å². The molecule has 1 heterocycles. The molecule has 0 saturated carbocycles. The fraction of sp³-hybridized carbons (Fsp3) is 0.125. The first-order valence-electron chi connectivity index (χ1n) is 6.64. The molecule has 0 aliphatic rings. The highest BCUT2D eigenvalue weighted by Gasteiger charge is 2.30. The van der Waals surface area contributed by atoms with Crippen LogP contribution in [0.3, 0.4) is 0 Å². The lowest BCUT2D eigenvalue weighted by Crippen LogP contribution is -2.03. The Morgan fingerprint density at radius 3 is 2.23 bits per heavy atom. The van der Waals surface area contributed by atoms with Gasteiger partial charge in [-0.05, 0) is 17.7 Å². The number of halogens is 3. The van der Waals surface area contributed by atoms with Gasteiger partial charge in [-0.1, -0.05) is 47.7 Å². The number of hydrogen-bond donors (Lipinski definition) is 0. The largest absolute Gasteiger partial charge is 0.416 e. The molecule has 112 valence electrons. The monoisotopic (exact) mass is 303 g/mol. The van der Waals surface area contributed by atoms with Gasteiger partial charge >= 0.3 is 6.18 Å². The van der Waals surface area contributed by atoms with E-state index >= 15 is 0 Å². The zero-order valence-electron chi connectivity index (χ0n) is 11.5. The minimum absolute atomic E-state index is 0.546. The van der Waals surface area contributed by atoms with Crippen molar-refractivity contribution in [2.45, 2.75) is 12.7 Å². The summed E-state index contributed by atoms with van der Waals surface area (Å²) < 4.78 is 39.3. The molecular formula is C16H12F3N3. The zero-order chi connectivity index (χ0) is 15.6. The Balaban J connectivity index is 1.79. The number of hydrogen-bond acceptors (Lipinski definition) is 2. The standard InChI is InChI=1S/C16H12F3N3/c17-16(18,19)14-8-6-13(7-9-14)15-11-22(21-20-15)10-12-4-2-1-3-5-12/h1-9,11H,10H2. The minimum Gasteiger partial charge on any atom is -0.247 e. The van der Waals surface area contributed by atoms with E-state index in [1.54, 1.807) is 10.9 Å². The first kappa shape index (κ1) is 14.3. The summed E-state index contributed by atoms with van der Waals surface area (Å²) >= 11 is 0. The number of benzene rings is 2. The lowest BCUT2D eigenvalue weighted by molar-refractivity contribution is -0.137. The third-order valence-electron chi connectivity index (χ3n) is 3.23. The molecule has 0 aliphatic carbocycles. The van der Waals surface area contributed by atoms with Gasteiger partial charge in [0.05, 0.1) is 18.3 Å². The topological polar surface area (TPSA) is 30.7 Å². The van der Waals surface area contributed by atoms with Crippen molar-refractivity contribution in [3.8, 4) is 11.3 Å². The van der Waals surface area contributed by atoms with Crippen LogP contribution in [0.4, 0.5) is 13.2 Å². The SMILES string of the molecule is FC(F)(F)c1ccc(-c2cn(Cc3ccccc3)nn2)cc1. The fourth-order valence-corrected chi connectivity index (χ4v) is 2.11. The highest BCUT2D eigenvalue weighted by Crippen LogP contribution is 2.30. The summed E-state index contributed by atoms with van der Waals surface area (Å²) in [5.74, 6) is 0. The molecular weight excluding hydrogens is 291 g/mol. The lowest BCUT2D eigenvalue weighted by Gasteiger charge is -2.06. The molecule has 3 aromatic rings. The summed E-state index contributed by atoms with van der Waals surface area (Å²) in [6.07, 6.45) is -2.61. The van der Waals surface area contributed by atoms with E-state index in [-0.39, 0.29) is 0 Å². The van der Waals surface area contributed by atoms with Gasteiger partial charge in [-0.2, -0.15) is 13.2 Å². The first-order valence-corrected chi connectivity index (χ1v) is 6.64. The molecule has 0 N–H and O–H groups in total. The Bertz CT molecular complexity index is 746. The molecule has 0 atom stereocenters. The minimum atomic E-state index is -4.33. The Morgan fingerprint density at radius 1 is 0.909 bits per heavy atom. The average Bonchev–Trinajstić information content (AvgIpc) is 2.96. The van der Waals surface area contributed by atoms with Crippen molar-refractivity contribution < 1.29 is 13.2 Å². The van der Waals surface area contributed by atoms with Crippen molar-refractivity contribution in [3.05, 3.63) is 71.9 Å².